The second kappa shape index (κ2) is 8.14. The minimum atomic E-state index is -3.67. The molecule has 1 amide bonds. The molecule has 0 aliphatic rings. The summed E-state index contributed by atoms with van der Waals surface area (Å²) in [6, 6.07) is 13.4. The fourth-order valence-electron chi connectivity index (χ4n) is 1.93. The lowest BCUT2D eigenvalue weighted by molar-refractivity contribution is -0.115. The zero-order valence-corrected chi connectivity index (χ0v) is 14.5. The second-order valence-corrected chi connectivity index (χ2v) is 7.16. The molecule has 0 heterocycles. The minimum Gasteiger partial charge on any atom is -0.497 e. The van der Waals surface area contributed by atoms with Crippen LogP contribution in [0.4, 0.5) is 5.69 Å². The molecule has 0 spiro atoms. The van der Waals surface area contributed by atoms with Gasteiger partial charge in [0.05, 0.1) is 19.4 Å². The van der Waals surface area contributed by atoms with Gasteiger partial charge in [0.2, 0.25) is 15.9 Å². The highest BCUT2D eigenvalue weighted by Gasteiger charge is 2.15. The summed E-state index contributed by atoms with van der Waals surface area (Å²) in [6.07, 6.45) is 0. The van der Waals surface area contributed by atoms with Crippen LogP contribution in [-0.2, 0) is 20.6 Å². The number of nitrogens with one attached hydrogen (secondary N) is 2. The second-order valence-electron chi connectivity index (χ2n) is 4.95. The van der Waals surface area contributed by atoms with E-state index >= 15 is 0 Å². The lowest BCUT2D eigenvalue weighted by Crippen LogP contribution is -2.33. The zero-order valence-electron chi connectivity index (χ0n) is 13.0. The van der Waals surface area contributed by atoms with E-state index in [1.54, 1.807) is 55.6 Å². The Hall–Kier alpha value is -2.09. The molecule has 2 N–H and O–H groups in total. The van der Waals surface area contributed by atoms with Gasteiger partial charge in [-0.25, -0.2) is 13.1 Å². The van der Waals surface area contributed by atoms with E-state index in [-0.39, 0.29) is 12.3 Å². The standard InChI is InChI=1S/C16H17ClN2O4S/c1-23-14-8-6-13(7-9-14)19-16(20)10-18-24(21,22)11-12-4-2-3-5-15(12)17/h2-9,18H,10-11H2,1H3,(H,19,20). The molecule has 0 saturated heterocycles. The summed E-state index contributed by atoms with van der Waals surface area (Å²) in [5.41, 5.74) is 1.02. The molecular formula is C16H17ClN2O4S. The fraction of sp³-hybridized carbons (Fsp3) is 0.188. The Bertz CT molecular complexity index is 807. The van der Waals surface area contributed by atoms with Gasteiger partial charge in [0.15, 0.2) is 0 Å². The Morgan fingerprint density at radius 2 is 1.79 bits per heavy atom. The molecule has 0 saturated carbocycles. The smallest absolute Gasteiger partial charge is 0.239 e. The van der Waals surface area contributed by atoms with Gasteiger partial charge in [-0.05, 0) is 35.9 Å². The van der Waals surface area contributed by atoms with E-state index in [1.807, 2.05) is 0 Å². The summed E-state index contributed by atoms with van der Waals surface area (Å²) in [6.45, 7) is -0.362. The van der Waals surface area contributed by atoms with E-state index in [9.17, 15) is 13.2 Å². The van der Waals surface area contributed by atoms with E-state index in [2.05, 4.69) is 10.0 Å². The van der Waals surface area contributed by atoms with Crippen molar-refractivity contribution < 1.29 is 17.9 Å². The number of hydrogen-bond acceptors (Lipinski definition) is 4. The zero-order chi connectivity index (χ0) is 17.6. The number of methoxy groups -OCH3 is 1. The van der Waals surface area contributed by atoms with Gasteiger partial charge in [0.1, 0.15) is 5.75 Å². The molecule has 0 fully saturated rings. The number of anilines is 1. The highest BCUT2D eigenvalue weighted by atomic mass is 35.5. The van der Waals surface area contributed by atoms with Crippen molar-refractivity contribution in [2.75, 3.05) is 19.0 Å². The van der Waals surface area contributed by atoms with Gasteiger partial charge in [-0.15, -0.1) is 0 Å². The Morgan fingerprint density at radius 3 is 2.42 bits per heavy atom. The Balaban J connectivity index is 1.89. The topological polar surface area (TPSA) is 84.5 Å². The van der Waals surface area contributed by atoms with Crippen LogP contribution in [0.1, 0.15) is 5.56 Å². The van der Waals surface area contributed by atoms with Crippen molar-refractivity contribution in [3.63, 3.8) is 0 Å². The van der Waals surface area contributed by atoms with Crippen molar-refractivity contribution >= 4 is 33.2 Å². The summed E-state index contributed by atoms with van der Waals surface area (Å²) in [5.74, 6) is -0.0981. The van der Waals surface area contributed by atoms with Crippen LogP contribution in [0.25, 0.3) is 0 Å². The first kappa shape index (κ1) is 18.3. The molecule has 0 aliphatic carbocycles. The van der Waals surface area contributed by atoms with Gasteiger partial charge < -0.3 is 10.1 Å². The number of carbonyl (C=O) groups excluding carboxylic acids is 1. The number of amides is 1. The van der Waals surface area contributed by atoms with Crippen molar-refractivity contribution in [2.45, 2.75) is 5.75 Å². The van der Waals surface area contributed by atoms with E-state index < -0.39 is 15.9 Å². The number of hydrogen-bond donors (Lipinski definition) is 2. The largest absolute Gasteiger partial charge is 0.497 e. The summed E-state index contributed by atoms with van der Waals surface area (Å²) in [5, 5.41) is 2.96. The minimum absolute atomic E-state index is 0.289. The Labute approximate surface area is 145 Å². The highest BCUT2D eigenvalue weighted by molar-refractivity contribution is 7.88. The summed E-state index contributed by atoms with van der Waals surface area (Å²) in [7, 11) is -2.13. The lowest BCUT2D eigenvalue weighted by Gasteiger charge is -2.09. The van der Waals surface area contributed by atoms with Crippen LogP contribution in [-0.4, -0.2) is 28.0 Å². The van der Waals surface area contributed by atoms with Crippen molar-refractivity contribution in [1.82, 2.24) is 4.72 Å². The number of halogens is 1. The number of rotatable bonds is 7. The van der Waals surface area contributed by atoms with Crippen molar-refractivity contribution in [3.05, 3.63) is 59.1 Å². The summed E-state index contributed by atoms with van der Waals surface area (Å²) in [4.78, 5) is 11.8. The number of sulfonamides is 1. The van der Waals surface area contributed by atoms with Crippen molar-refractivity contribution in [1.29, 1.82) is 0 Å². The Morgan fingerprint density at radius 1 is 1.12 bits per heavy atom. The third kappa shape index (κ3) is 5.52. The molecule has 0 bridgehead atoms. The van der Waals surface area contributed by atoms with Gasteiger partial charge in [-0.2, -0.15) is 0 Å². The van der Waals surface area contributed by atoms with Crippen molar-refractivity contribution in [2.24, 2.45) is 0 Å². The third-order valence-corrected chi connectivity index (χ3v) is 4.77. The molecule has 6 nitrogen and oxygen atoms in total. The average Bonchev–Trinajstić information content (AvgIpc) is 2.56. The number of ether oxygens (including phenoxy) is 1. The highest BCUT2D eigenvalue weighted by Crippen LogP contribution is 2.17. The van der Waals surface area contributed by atoms with Gasteiger partial charge in [0, 0.05) is 10.7 Å². The van der Waals surface area contributed by atoms with Crippen molar-refractivity contribution in [3.8, 4) is 5.75 Å². The molecule has 24 heavy (non-hydrogen) atoms. The Kier molecular flexibility index (Phi) is 6.19. The molecular weight excluding hydrogens is 352 g/mol. The van der Waals surface area contributed by atoms with Gasteiger partial charge in [-0.1, -0.05) is 29.8 Å². The molecule has 0 radical (unpaired) electrons. The van der Waals surface area contributed by atoms with Crippen LogP contribution in [0.2, 0.25) is 5.02 Å². The predicted octanol–water partition coefficient (Wildman–Crippen LogP) is 2.41. The van der Waals surface area contributed by atoms with E-state index in [0.717, 1.165) is 0 Å². The average molecular weight is 369 g/mol. The van der Waals surface area contributed by atoms with Gasteiger partial charge in [0.25, 0.3) is 0 Å². The third-order valence-electron chi connectivity index (χ3n) is 3.13. The first-order valence-electron chi connectivity index (χ1n) is 7.04. The van der Waals surface area contributed by atoms with E-state index in [1.165, 1.54) is 0 Å². The maximum Gasteiger partial charge on any atom is 0.239 e. The van der Waals surface area contributed by atoms with Crippen LogP contribution in [0.3, 0.4) is 0 Å². The first-order valence-corrected chi connectivity index (χ1v) is 9.07. The predicted molar refractivity (Wildman–Crippen MR) is 93.7 cm³/mol. The number of benzene rings is 2. The maximum atomic E-state index is 12.0. The van der Waals surface area contributed by atoms with Crippen LogP contribution in [0.15, 0.2) is 48.5 Å². The van der Waals surface area contributed by atoms with Gasteiger partial charge in [-0.3, -0.25) is 4.79 Å². The maximum absolute atomic E-state index is 12.0. The normalized spacial score (nSPS) is 11.1. The fourth-order valence-corrected chi connectivity index (χ4v) is 3.32. The molecule has 2 aromatic rings. The molecule has 0 aromatic heterocycles. The lowest BCUT2D eigenvalue weighted by atomic mass is 10.2. The van der Waals surface area contributed by atoms with Crippen LogP contribution >= 0.6 is 11.6 Å². The molecule has 0 unspecified atom stereocenters. The van der Waals surface area contributed by atoms with E-state index in [0.29, 0.717) is 22.0 Å². The summed E-state index contributed by atoms with van der Waals surface area (Å²) >= 11 is 5.94. The first-order chi connectivity index (χ1) is 11.4. The quantitative estimate of drug-likeness (QED) is 0.786. The van der Waals surface area contributed by atoms with E-state index in [4.69, 9.17) is 16.3 Å². The molecule has 0 aliphatic heterocycles. The molecule has 128 valence electrons. The van der Waals surface area contributed by atoms with Crippen LogP contribution in [0, 0.1) is 0 Å². The number of carbonyl (C=O) groups is 1. The molecule has 8 heteroatoms. The monoisotopic (exact) mass is 368 g/mol. The SMILES string of the molecule is COc1ccc(NC(=O)CNS(=O)(=O)Cc2ccccc2Cl)cc1. The van der Waals surface area contributed by atoms with Crippen LogP contribution < -0.4 is 14.8 Å². The van der Waals surface area contributed by atoms with Gasteiger partial charge >= 0.3 is 0 Å². The molecule has 2 rings (SSSR count). The van der Waals surface area contributed by atoms with Crippen LogP contribution in [0.5, 0.6) is 5.75 Å². The molecule has 2 aromatic carbocycles. The molecule has 0 atom stereocenters. The summed E-state index contributed by atoms with van der Waals surface area (Å²) < 4.78 is 31.3.